The van der Waals surface area contributed by atoms with Crippen LogP contribution in [0.2, 0.25) is 0 Å². The molecular formula is C14H24ClN3O. The molecule has 0 unspecified atom stereocenters. The van der Waals surface area contributed by atoms with Gasteiger partial charge in [0.25, 0.3) is 0 Å². The Bertz CT molecular complexity index is 386. The van der Waals surface area contributed by atoms with Gasteiger partial charge in [0.1, 0.15) is 0 Å². The van der Waals surface area contributed by atoms with Crippen LogP contribution in [0.15, 0.2) is 4.42 Å². The smallest absolute Gasteiger partial charge is 0.315 e. The number of alkyl halides is 1. The first-order valence-electron chi connectivity index (χ1n) is 7.26. The molecule has 1 aliphatic rings. The molecule has 2 rings (SSSR count). The number of hydrogen-bond donors (Lipinski definition) is 1. The minimum Gasteiger partial charge on any atom is -0.408 e. The van der Waals surface area contributed by atoms with Gasteiger partial charge in [-0.3, -0.25) is 0 Å². The second-order valence-electron chi connectivity index (χ2n) is 6.10. The summed E-state index contributed by atoms with van der Waals surface area (Å²) < 4.78 is 5.52. The average molecular weight is 286 g/mol. The van der Waals surface area contributed by atoms with Crippen LogP contribution in [0, 0.1) is 11.3 Å². The van der Waals surface area contributed by atoms with Crippen molar-refractivity contribution in [2.45, 2.75) is 52.4 Å². The lowest BCUT2D eigenvalue weighted by Gasteiger charge is -2.30. The normalized spacial score (nSPS) is 18.1. The Morgan fingerprint density at radius 1 is 1.32 bits per heavy atom. The summed E-state index contributed by atoms with van der Waals surface area (Å²) in [7, 11) is 0. The van der Waals surface area contributed by atoms with Crippen molar-refractivity contribution in [2.24, 2.45) is 11.3 Å². The summed E-state index contributed by atoms with van der Waals surface area (Å²) in [4.78, 5) is 0. The third-order valence-electron chi connectivity index (χ3n) is 3.90. The third kappa shape index (κ3) is 4.10. The number of aryl methyl sites for hydroxylation is 1. The Labute approximate surface area is 120 Å². The first-order chi connectivity index (χ1) is 9.13. The molecule has 108 valence electrons. The van der Waals surface area contributed by atoms with Gasteiger partial charge in [-0.05, 0) is 30.6 Å². The molecule has 1 aromatic heterocycles. The van der Waals surface area contributed by atoms with Crippen LogP contribution in [0.25, 0.3) is 0 Å². The predicted molar refractivity (Wildman–Crippen MR) is 77.6 cm³/mol. The first-order valence-corrected chi connectivity index (χ1v) is 7.79. The fraction of sp³-hybridized carbons (Fsp3) is 0.857. The Kier molecular flexibility index (Phi) is 5.08. The van der Waals surface area contributed by atoms with Crippen molar-refractivity contribution in [1.82, 2.24) is 10.2 Å². The quantitative estimate of drug-likeness (QED) is 0.773. The van der Waals surface area contributed by atoms with Crippen molar-refractivity contribution < 1.29 is 4.42 Å². The zero-order chi connectivity index (χ0) is 13.7. The molecule has 0 atom stereocenters. The number of anilines is 1. The van der Waals surface area contributed by atoms with Crippen molar-refractivity contribution in [3.05, 3.63) is 5.89 Å². The predicted octanol–water partition coefficient (Wildman–Crippen LogP) is 3.87. The maximum absolute atomic E-state index is 5.66. The number of rotatable bonds is 7. The van der Waals surface area contributed by atoms with E-state index in [1.807, 2.05) is 0 Å². The highest BCUT2D eigenvalue weighted by Crippen LogP contribution is 2.43. The Balaban J connectivity index is 1.90. The van der Waals surface area contributed by atoms with Crippen molar-refractivity contribution in [2.75, 3.05) is 17.7 Å². The van der Waals surface area contributed by atoms with E-state index in [1.54, 1.807) is 0 Å². The molecule has 1 fully saturated rings. The monoisotopic (exact) mass is 285 g/mol. The summed E-state index contributed by atoms with van der Waals surface area (Å²) in [5, 5.41) is 11.3. The lowest BCUT2D eigenvalue weighted by atomic mass is 9.78. The molecule has 1 aliphatic carbocycles. The molecule has 0 aromatic carbocycles. The molecule has 1 saturated carbocycles. The second-order valence-corrected chi connectivity index (χ2v) is 6.48. The van der Waals surface area contributed by atoms with Crippen LogP contribution in [0.1, 0.15) is 51.8 Å². The first kappa shape index (κ1) is 14.6. The molecule has 0 amide bonds. The van der Waals surface area contributed by atoms with Crippen LogP contribution >= 0.6 is 11.6 Å². The minimum atomic E-state index is 0.412. The van der Waals surface area contributed by atoms with E-state index in [9.17, 15) is 0 Å². The summed E-state index contributed by atoms with van der Waals surface area (Å²) in [5.74, 6) is 1.86. The molecule has 0 saturated heterocycles. The van der Waals surface area contributed by atoms with Crippen LogP contribution in [0.3, 0.4) is 0 Å². The standard InChI is InChI=1S/C14H24ClN3O/c1-11(2)9-14(6-3-4-7-14)10-16-13-18-17-12(19-13)5-8-15/h11H,3-10H2,1-2H3,(H,16,18). The minimum absolute atomic E-state index is 0.412. The highest BCUT2D eigenvalue weighted by molar-refractivity contribution is 6.17. The highest BCUT2D eigenvalue weighted by atomic mass is 35.5. The molecule has 5 heteroatoms. The molecule has 0 spiro atoms. The summed E-state index contributed by atoms with van der Waals surface area (Å²) >= 11 is 5.66. The molecule has 1 heterocycles. The van der Waals surface area contributed by atoms with Gasteiger partial charge in [-0.2, -0.15) is 0 Å². The number of nitrogens with zero attached hydrogens (tertiary/aromatic N) is 2. The lowest BCUT2D eigenvalue weighted by Crippen LogP contribution is -2.28. The molecular weight excluding hydrogens is 262 g/mol. The van der Waals surface area contributed by atoms with Gasteiger partial charge < -0.3 is 9.73 Å². The van der Waals surface area contributed by atoms with E-state index in [1.165, 1.54) is 32.1 Å². The SMILES string of the molecule is CC(C)CC1(CNc2nnc(CCCl)o2)CCCC1. The summed E-state index contributed by atoms with van der Waals surface area (Å²) in [6.07, 6.45) is 7.20. The van der Waals surface area contributed by atoms with Gasteiger partial charge in [-0.1, -0.05) is 31.8 Å². The van der Waals surface area contributed by atoms with Gasteiger partial charge in [0.2, 0.25) is 5.89 Å². The van der Waals surface area contributed by atoms with Crippen molar-refractivity contribution in [3.8, 4) is 0 Å². The van der Waals surface area contributed by atoms with Gasteiger partial charge in [0, 0.05) is 18.8 Å². The van der Waals surface area contributed by atoms with Gasteiger partial charge >= 0.3 is 6.01 Å². The largest absolute Gasteiger partial charge is 0.408 e. The fourth-order valence-electron chi connectivity index (χ4n) is 3.21. The van der Waals surface area contributed by atoms with E-state index in [2.05, 4.69) is 29.4 Å². The summed E-state index contributed by atoms with van der Waals surface area (Å²) in [6.45, 7) is 5.53. The summed E-state index contributed by atoms with van der Waals surface area (Å²) in [6, 6.07) is 0.537. The van der Waals surface area contributed by atoms with E-state index < -0.39 is 0 Å². The van der Waals surface area contributed by atoms with E-state index in [0.29, 0.717) is 29.6 Å². The summed E-state index contributed by atoms with van der Waals surface area (Å²) in [5.41, 5.74) is 0.412. The van der Waals surface area contributed by atoms with Gasteiger partial charge in [0.05, 0.1) is 0 Å². The Morgan fingerprint density at radius 3 is 2.68 bits per heavy atom. The van der Waals surface area contributed by atoms with Crippen LogP contribution in [0.4, 0.5) is 6.01 Å². The Hall–Kier alpha value is -0.770. The zero-order valence-corrected chi connectivity index (χ0v) is 12.7. The maximum atomic E-state index is 5.66. The molecule has 0 radical (unpaired) electrons. The molecule has 1 aromatic rings. The van der Waals surface area contributed by atoms with Gasteiger partial charge in [0.15, 0.2) is 0 Å². The zero-order valence-electron chi connectivity index (χ0n) is 11.9. The fourth-order valence-corrected chi connectivity index (χ4v) is 3.38. The van der Waals surface area contributed by atoms with Crippen molar-refractivity contribution in [1.29, 1.82) is 0 Å². The van der Waals surface area contributed by atoms with Crippen LogP contribution in [-0.4, -0.2) is 22.6 Å². The van der Waals surface area contributed by atoms with Crippen LogP contribution in [0.5, 0.6) is 0 Å². The van der Waals surface area contributed by atoms with Gasteiger partial charge in [-0.15, -0.1) is 16.7 Å². The Morgan fingerprint density at radius 2 is 2.05 bits per heavy atom. The number of halogens is 1. The van der Waals surface area contributed by atoms with E-state index >= 15 is 0 Å². The highest BCUT2D eigenvalue weighted by Gasteiger charge is 2.34. The topological polar surface area (TPSA) is 51.0 Å². The number of nitrogens with one attached hydrogen (secondary N) is 1. The van der Waals surface area contributed by atoms with Crippen molar-refractivity contribution >= 4 is 17.6 Å². The van der Waals surface area contributed by atoms with E-state index in [4.69, 9.17) is 16.0 Å². The maximum Gasteiger partial charge on any atom is 0.315 e. The number of aromatic nitrogens is 2. The average Bonchev–Trinajstić information content (AvgIpc) is 2.97. The number of hydrogen-bond acceptors (Lipinski definition) is 4. The molecule has 1 N–H and O–H groups in total. The lowest BCUT2D eigenvalue weighted by molar-refractivity contribution is 0.250. The van der Waals surface area contributed by atoms with E-state index in [-0.39, 0.29) is 0 Å². The molecule has 0 bridgehead atoms. The van der Waals surface area contributed by atoms with E-state index in [0.717, 1.165) is 12.5 Å². The van der Waals surface area contributed by atoms with Gasteiger partial charge in [-0.25, -0.2) is 0 Å². The third-order valence-corrected chi connectivity index (χ3v) is 4.08. The van der Waals surface area contributed by atoms with Crippen LogP contribution in [-0.2, 0) is 6.42 Å². The van der Waals surface area contributed by atoms with Crippen molar-refractivity contribution in [3.63, 3.8) is 0 Å². The van der Waals surface area contributed by atoms with Crippen LogP contribution < -0.4 is 5.32 Å². The molecule has 4 nitrogen and oxygen atoms in total. The molecule has 19 heavy (non-hydrogen) atoms. The second kappa shape index (κ2) is 6.60. The molecule has 0 aliphatic heterocycles.